The Hall–Kier alpha value is -2.45. The van der Waals surface area contributed by atoms with E-state index in [9.17, 15) is 18.5 Å². The number of rotatable bonds is 5. The van der Waals surface area contributed by atoms with E-state index in [1.807, 2.05) is 4.72 Å². The highest BCUT2D eigenvalue weighted by atomic mass is 32.2. The van der Waals surface area contributed by atoms with Crippen LogP contribution in [0.4, 0.5) is 5.69 Å². The smallest absolute Gasteiger partial charge is 0.371 e. The first kappa shape index (κ1) is 14.9. The number of nitro benzene ring substituents is 1. The summed E-state index contributed by atoms with van der Waals surface area (Å²) >= 11 is 0. The molecule has 0 fully saturated rings. The zero-order valence-corrected chi connectivity index (χ0v) is 11.8. The molecular formula is C13H12N2O5S. The van der Waals surface area contributed by atoms with E-state index in [0.29, 0.717) is 11.1 Å². The number of nitrogens with zero attached hydrogens (tertiary/aromatic N) is 1. The highest BCUT2D eigenvalue weighted by Gasteiger charge is 2.14. The summed E-state index contributed by atoms with van der Waals surface area (Å²) in [5.74, 6) is 0.117. The molecule has 1 N–H and O–H groups in total. The lowest BCUT2D eigenvalue weighted by molar-refractivity contribution is -0.384. The number of nitrogens with one attached hydrogen (secondary N) is 1. The Balaban J connectivity index is 2.34. The number of benzene rings is 2. The van der Waals surface area contributed by atoms with Crippen LogP contribution in [0.15, 0.2) is 48.5 Å². The van der Waals surface area contributed by atoms with Crippen molar-refractivity contribution in [2.45, 2.75) is 0 Å². The zero-order chi connectivity index (χ0) is 15.5. The van der Waals surface area contributed by atoms with Crippen LogP contribution in [0.3, 0.4) is 0 Å². The van der Waals surface area contributed by atoms with Crippen LogP contribution in [-0.2, 0) is 10.3 Å². The van der Waals surface area contributed by atoms with Gasteiger partial charge >= 0.3 is 10.3 Å². The molecule has 0 saturated heterocycles. The van der Waals surface area contributed by atoms with Gasteiger partial charge in [-0.25, -0.2) is 0 Å². The van der Waals surface area contributed by atoms with Crippen molar-refractivity contribution < 1.29 is 17.5 Å². The van der Waals surface area contributed by atoms with Crippen molar-refractivity contribution in [3.63, 3.8) is 0 Å². The predicted octanol–water partition coefficient (Wildman–Crippen LogP) is 2.10. The van der Waals surface area contributed by atoms with E-state index in [2.05, 4.69) is 0 Å². The average molecular weight is 308 g/mol. The molecule has 0 unspecified atom stereocenters. The van der Waals surface area contributed by atoms with E-state index in [0.717, 1.165) is 0 Å². The van der Waals surface area contributed by atoms with Gasteiger partial charge in [0, 0.05) is 13.1 Å². The van der Waals surface area contributed by atoms with Crippen LogP contribution in [0.25, 0.3) is 11.1 Å². The molecule has 0 saturated carbocycles. The summed E-state index contributed by atoms with van der Waals surface area (Å²) in [5, 5.41) is 11.0. The Bertz CT molecular complexity index is 756. The van der Waals surface area contributed by atoms with E-state index in [4.69, 9.17) is 4.18 Å². The summed E-state index contributed by atoms with van der Waals surface area (Å²) < 4.78 is 29.3. The van der Waals surface area contributed by atoms with Crippen molar-refractivity contribution in [1.29, 1.82) is 0 Å². The molecule has 2 aromatic rings. The Kier molecular flexibility index (Phi) is 4.20. The molecule has 0 radical (unpaired) electrons. The van der Waals surface area contributed by atoms with Gasteiger partial charge in [-0.05, 0) is 23.8 Å². The molecule has 7 nitrogen and oxygen atoms in total. The number of hydrogen-bond donors (Lipinski definition) is 1. The molecule has 0 aliphatic rings. The van der Waals surface area contributed by atoms with Crippen molar-refractivity contribution >= 4 is 16.0 Å². The molecule has 0 aromatic heterocycles. The van der Waals surface area contributed by atoms with E-state index < -0.39 is 15.2 Å². The SMILES string of the molecule is CNS(=O)(=O)Oc1ccc(-c2ccccc2[N+](=O)[O-])cc1. The summed E-state index contributed by atoms with van der Waals surface area (Å²) in [6.45, 7) is 0. The van der Waals surface area contributed by atoms with Gasteiger partial charge in [0.1, 0.15) is 5.75 Å². The molecular weight excluding hydrogens is 296 g/mol. The van der Waals surface area contributed by atoms with Gasteiger partial charge in [-0.3, -0.25) is 10.1 Å². The van der Waals surface area contributed by atoms with Gasteiger partial charge in [-0.1, -0.05) is 24.3 Å². The standard InChI is InChI=1S/C13H12N2O5S/c1-14-21(18,19)20-11-8-6-10(7-9-11)12-4-2-3-5-13(12)15(16)17/h2-9,14H,1H3. The topological polar surface area (TPSA) is 98.5 Å². The highest BCUT2D eigenvalue weighted by Crippen LogP contribution is 2.30. The molecule has 0 bridgehead atoms. The minimum atomic E-state index is -3.83. The van der Waals surface area contributed by atoms with Crippen LogP contribution >= 0.6 is 0 Å². The van der Waals surface area contributed by atoms with Gasteiger partial charge in [0.25, 0.3) is 5.69 Å². The normalized spacial score (nSPS) is 11.1. The molecule has 0 aliphatic carbocycles. The fourth-order valence-electron chi connectivity index (χ4n) is 1.74. The summed E-state index contributed by atoms with van der Waals surface area (Å²) in [4.78, 5) is 10.5. The second-order valence-electron chi connectivity index (χ2n) is 4.04. The Labute approximate surface area is 121 Å². The molecule has 21 heavy (non-hydrogen) atoms. The van der Waals surface area contributed by atoms with Gasteiger partial charge in [0.2, 0.25) is 0 Å². The number of hydrogen-bond acceptors (Lipinski definition) is 5. The maximum absolute atomic E-state index is 11.2. The number of nitro groups is 1. The molecule has 0 heterocycles. The first-order valence-corrected chi connectivity index (χ1v) is 7.30. The van der Waals surface area contributed by atoms with E-state index in [1.54, 1.807) is 30.3 Å². The van der Waals surface area contributed by atoms with Gasteiger partial charge < -0.3 is 4.18 Å². The van der Waals surface area contributed by atoms with Gasteiger partial charge in [-0.15, -0.1) is 0 Å². The second kappa shape index (κ2) is 5.90. The molecule has 110 valence electrons. The summed E-state index contributed by atoms with van der Waals surface area (Å²) in [6.07, 6.45) is 0. The minimum absolute atomic E-state index is 0.0194. The Morgan fingerprint density at radius 3 is 2.29 bits per heavy atom. The maximum Gasteiger partial charge on any atom is 0.382 e. The number of para-hydroxylation sites is 1. The molecule has 2 aromatic carbocycles. The Morgan fingerprint density at radius 2 is 1.71 bits per heavy atom. The Morgan fingerprint density at radius 1 is 1.10 bits per heavy atom. The van der Waals surface area contributed by atoms with Crippen LogP contribution in [0.2, 0.25) is 0 Å². The van der Waals surface area contributed by atoms with E-state index in [-0.39, 0.29) is 11.4 Å². The average Bonchev–Trinajstić information content (AvgIpc) is 2.47. The summed E-state index contributed by atoms with van der Waals surface area (Å²) in [5.41, 5.74) is 1.02. The van der Waals surface area contributed by atoms with Crippen LogP contribution in [0.1, 0.15) is 0 Å². The van der Waals surface area contributed by atoms with Crippen molar-refractivity contribution in [2.24, 2.45) is 0 Å². The summed E-state index contributed by atoms with van der Waals surface area (Å²) in [6, 6.07) is 12.3. The van der Waals surface area contributed by atoms with E-state index in [1.165, 1.54) is 25.2 Å². The first-order chi connectivity index (χ1) is 9.93. The molecule has 0 aliphatic heterocycles. The van der Waals surface area contributed by atoms with Gasteiger partial charge in [0.05, 0.1) is 10.5 Å². The lowest BCUT2D eigenvalue weighted by Gasteiger charge is -2.07. The predicted molar refractivity (Wildman–Crippen MR) is 77.1 cm³/mol. The minimum Gasteiger partial charge on any atom is -0.371 e. The third-order valence-electron chi connectivity index (χ3n) is 2.72. The highest BCUT2D eigenvalue weighted by molar-refractivity contribution is 7.85. The third-order valence-corrected chi connectivity index (χ3v) is 3.63. The quantitative estimate of drug-likeness (QED) is 0.673. The van der Waals surface area contributed by atoms with Crippen molar-refractivity contribution in [1.82, 2.24) is 4.72 Å². The van der Waals surface area contributed by atoms with Crippen LogP contribution in [0.5, 0.6) is 5.75 Å². The van der Waals surface area contributed by atoms with Crippen LogP contribution in [0, 0.1) is 10.1 Å². The van der Waals surface area contributed by atoms with Gasteiger partial charge in [0.15, 0.2) is 0 Å². The van der Waals surface area contributed by atoms with Crippen molar-refractivity contribution in [3.8, 4) is 16.9 Å². The maximum atomic E-state index is 11.2. The second-order valence-corrected chi connectivity index (χ2v) is 5.52. The third kappa shape index (κ3) is 3.56. The summed E-state index contributed by atoms with van der Waals surface area (Å²) in [7, 11) is -2.60. The van der Waals surface area contributed by atoms with Crippen molar-refractivity contribution in [2.75, 3.05) is 7.05 Å². The molecule has 2 rings (SSSR count). The lowest BCUT2D eigenvalue weighted by Crippen LogP contribution is -2.24. The fourth-order valence-corrected chi connectivity index (χ4v) is 2.18. The van der Waals surface area contributed by atoms with Crippen LogP contribution < -0.4 is 8.91 Å². The molecule has 0 atom stereocenters. The monoisotopic (exact) mass is 308 g/mol. The lowest BCUT2D eigenvalue weighted by atomic mass is 10.0. The molecule has 0 spiro atoms. The van der Waals surface area contributed by atoms with E-state index >= 15 is 0 Å². The largest absolute Gasteiger partial charge is 0.382 e. The molecule has 8 heteroatoms. The van der Waals surface area contributed by atoms with Crippen LogP contribution in [-0.4, -0.2) is 20.4 Å². The van der Waals surface area contributed by atoms with Crippen molar-refractivity contribution in [3.05, 3.63) is 58.6 Å². The zero-order valence-electron chi connectivity index (χ0n) is 11.0. The first-order valence-electron chi connectivity index (χ1n) is 5.90. The molecule has 0 amide bonds. The van der Waals surface area contributed by atoms with Gasteiger partial charge in [-0.2, -0.15) is 13.1 Å². The fraction of sp³-hybridized carbons (Fsp3) is 0.0769.